The van der Waals surface area contributed by atoms with Gasteiger partial charge in [0.2, 0.25) is 0 Å². The molecule has 0 saturated carbocycles. The molecular weight excluding hydrogens is 422 g/mol. The van der Waals surface area contributed by atoms with Crippen molar-refractivity contribution in [3.63, 3.8) is 0 Å². The molecule has 0 radical (unpaired) electrons. The van der Waals surface area contributed by atoms with E-state index in [-0.39, 0.29) is 0 Å². The Bertz CT molecular complexity index is 1240. The summed E-state index contributed by atoms with van der Waals surface area (Å²) in [5, 5.41) is 5.88. The van der Waals surface area contributed by atoms with Crippen molar-refractivity contribution in [2.24, 2.45) is 0 Å². The van der Waals surface area contributed by atoms with Crippen molar-refractivity contribution in [3.8, 4) is 17.2 Å². The van der Waals surface area contributed by atoms with Crippen molar-refractivity contribution in [3.05, 3.63) is 108 Å². The highest BCUT2D eigenvalue weighted by atomic mass is 16.5. The minimum Gasteiger partial charge on any atom is -0.494 e. The van der Waals surface area contributed by atoms with Crippen LogP contribution in [0.1, 0.15) is 23.6 Å². The number of ether oxygens (including phenoxy) is 3. The predicted octanol–water partition coefficient (Wildman–Crippen LogP) is 7.17. The van der Waals surface area contributed by atoms with Crippen LogP contribution >= 0.6 is 0 Å². The van der Waals surface area contributed by atoms with Crippen molar-refractivity contribution in [1.82, 2.24) is 0 Å². The fourth-order valence-electron chi connectivity index (χ4n) is 4.06. The van der Waals surface area contributed by atoms with E-state index < -0.39 is 0 Å². The Hall–Kier alpha value is -3.92. The molecule has 0 heterocycles. The summed E-state index contributed by atoms with van der Waals surface area (Å²) in [6, 6.07) is 26.8. The Labute approximate surface area is 201 Å². The van der Waals surface area contributed by atoms with Crippen LogP contribution in [0.2, 0.25) is 0 Å². The molecule has 0 aromatic heterocycles. The minimum atomic E-state index is 0.464. The summed E-state index contributed by atoms with van der Waals surface area (Å²) < 4.78 is 17.6. The number of anilines is 1. The molecule has 0 amide bonds. The number of fused-ring (bicyclic) bond motifs is 1. The van der Waals surface area contributed by atoms with Crippen LogP contribution in [0.5, 0.6) is 17.2 Å². The van der Waals surface area contributed by atoms with Crippen LogP contribution in [0.15, 0.2) is 91.5 Å². The Morgan fingerprint density at radius 1 is 0.882 bits per heavy atom. The lowest BCUT2D eigenvalue weighted by Gasteiger charge is -2.18. The van der Waals surface area contributed by atoms with Crippen LogP contribution in [-0.4, -0.2) is 13.7 Å². The quantitative estimate of drug-likeness (QED) is 0.244. The van der Waals surface area contributed by atoms with Crippen molar-refractivity contribution in [2.45, 2.75) is 26.5 Å². The van der Waals surface area contributed by atoms with Gasteiger partial charge in [0.25, 0.3) is 0 Å². The molecule has 4 nitrogen and oxygen atoms in total. The Kier molecular flexibility index (Phi) is 7.71. The molecule has 4 rings (SSSR count). The van der Waals surface area contributed by atoms with E-state index in [9.17, 15) is 0 Å². The molecular formula is C30H31NO3. The van der Waals surface area contributed by atoms with E-state index in [0.717, 1.165) is 39.6 Å². The van der Waals surface area contributed by atoms with Gasteiger partial charge in [-0.3, -0.25) is 0 Å². The van der Waals surface area contributed by atoms with Crippen LogP contribution in [0.3, 0.4) is 0 Å². The Balaban J connectivity index is 1.53. The standard InChI is InChI=1S/C30H31NO3/c1-4-9-24-18-22(20-31-26-14-16-27(17-15-26)33-5-2)19-29(32-3)30(24)34-21-25-12-8-11-23-10-6-7-13-28(23)25/h4,6-8,10-19,31H,1,5,9,20-21H2,2-3H3. The molecule has 34 heavy (non-hydrogen) atoms. The molecule has 0 aliphatic rings. The van der Waals surface area contributed by atoms with Gasteiger partial charge in [0.15, 0.2) is 11.5 Å². The van der Waals surface area contributed by atoms with E-state index in [4.69, 9.17) is 14.2 Å². The summed E-state index contributed by atoms with van der Waals surface area (Å²) in [5.74, 6) is 2.36. The first-order valence-corrected chi connectivity index (χ1v) is 11.6. The maximum atomic E-state index is 6.35. The normalized spacial score (nSPS) is 10.6. The largest absolute Gasteiger partial charge is 0.494 e. The molecule has 0 aliphatic carbocycles. The molecule has 4 aromatic rings. The van der Waals surface area contributed by atoms with Gasteiger partial charge >= 0.3 is 0 Å². The number of benzene rings is 4. The molecule has 0 saturated heterocycles. The van der Waals surface area contributed by atoms with E-state index in [1.807, 2.05) is 43.3 Å². The number of hydrogen-bond donors (Lipinski definition) is 1. The average molecular weight is 454 g/mol. The maximum Gasteiger partial charge on any atom is 0.165 e. The first kappa shape index (κ1) is 23.2. The lowest BCUT2D eigenvalue weighted by Crippen LogP contribution is -2.05. The van der Waals surface area contributed by atoms with Crippen LogP contribution in [0.4, 0.5) is 5.69 Å². The molecule has 174 valence electrons. The Morgan fingerprint density at radius 3 is 2.44 bits per heavy atom. The summed E-state index contributed by atoms with van der Waals surface area (Å²) >= 11 is 0. The zero-order chi connectivity index (χ0) is 23.8. The van der Waals surface area contributed by atoms with Crippen LogP contribution < -0.4 is 19.5 Å². The van der Waals surface area contributed by atoms with Gasteiger partial charge in [0.1, 0.15) is 12.4 Å². The average Bonchev–Trinajstić information content (AvgIpc) is 2.87. The third-order valence-corrected chi connectivity index (χ3v) is 5.69. The van der Waals surface area contributed by atoms with Gasteiger partial charge in [-0.25, -0.2) is 0 Å². The number of rotatable bonds is 11. The van der Waals surface area contributed by atoms with E-state index >= 15 is 0 Å². The maximum absolute atomic E-state index is 6.35. The lowest BCUT2D eigenvalue weighted by atomic mass is 10.0. The Morgan fingerprint density at radius 2 is 1.68 bits per heavy atom. The molecule has 0 fully saturated rings. The SMILES string of the molecule is C=CCc1cc(CNc2ccc(OCC)cc2)cc(OC)c1OCc1cccc2ccccc12. The smallest absolute Gasteiger partial charge is 0.165 e. The fourth-order valence-corrected chi connectivity index (χ4v) is 4.06. The molecule has 1 N–H and O–H groups in total. The van der Waals surface area contributed by atoms with Gasteiger partial charge in [-0.2, -0.15) is 0 Å². The number of hydrogen-bond acceptors (Lipinski definition) is 4. The third kappa shape index (κ3) is 5.52. The number of allylic oxidation sites excluding steroid dienone is 1. The molecule has 0 atom stereocenters. The minimum absolute atomic E-state index is 0.464. The summed E-state index contributed by atoms with van der Waals surface area (Å²) in [6.07, 6.45) is 2.58. The molecule has 0 unspecified atom stereocenters. The molecule has 4 aromatic carbocycles. The second-order valence-corrected chi connectivity index (χ2v) is 8.02. The van der Waals surface area contributed by atoms with E-state index in [1.54, 1.807) is 7.11 Å². The zero-order valence-corrected chi connectivity index (χ0v) is 19.8. The third-order valence-electron chi connectivity index (χ3n) is 5.69. The second-order valence-electron chi connectivity index (χ2n) is 8.02. The van der Waals surface area contributed by atoms with Gasteiger partial charge in [-0.15, -0.1) is 6.58 Å². The number of methoxy groups -OCH3 is 1. The van der Waals surface area contributed by atoms with Crippen LogP contribution in [-0.2, 0) is 19.6 Å². The van der Waals surface area contributed by atoms with Crippen molar-refractivity contribution >= 4 is 16.5 Å². The summed E-state index contributed by atoms with van der Waals surface area (Å²) in [7, 11) is 1.68. The fraction of sp³-hybridized carbons (Fsp3) is 0.200. The van der Waals surface area contributed by atoms with Gasteiger partial charge in [0.05, 0.1) is 13.7 Å². The molecule has 0 aliphatic heterocycles. The summed E-state index contributed by atoms with van der Waals surface area (Å²) in [6.45, 7) is 7.71. The zero-order valence-electron chi connectivity index (χ0n) is 19.8. The van der Waals surface area contributed by atoms with E-state index in [0.29, 0.717) is 26.2 Å². The lowest BCUT2D eigenvalue weighted by molar-refractivity contribution is 0.283. The highest BCUT2D eigenvalue weighted by Gasteiger charge is 2.14. The van der Waals surface area contributed by atoms with Gasteiger partial charge in [0, 0.05) is 17.8 Å². The van der Waals surface area contributed by atoms with Gasteiger partial charge in [-0.05, 0) is 71.6 Å². The van der Waals surface area contributed by atoms with Crippen molar-refractivity contribution in [2.75, 3.05) is 19.0 Å². The van der Waals surface area contributed by atoms with Crippen LogP contribution in [0.25, 0.3) is 10.8 Å². The number of nitrogens with one attached hydrogen (secondary N) is 1. The monoisotopic (exact) mass is 453 g/mol. The molecule has 0 bridgehead atoms. The molecule has 4 heteroatoms. The highest BCUT2D eigenvalue weighted by molar-refractivity contribution is 5.85. The highest BCUT2D eigenvalue weighted by Crippen LogP contribution is 2.35. The predicted molar refractivity (Wildman–Crippen MR) is 140 cm³/mol. The summed E-state index contributed by atoms with van der Waals surface area (Å²) in [4.78, 5) is 0. The molecule has 0 spiro atoms. The van der Waals surface area contributed by atoms with Crippen molar-refractivity contribution < 1.29 is 14.2 Å². The van der Waals surface area contributed by atoms with Gasteiger partial charge in [-0.1, -0.05) is 48.5 Å². The van der Waals surface area contributed by atoms with E-state index in [2.05, 4.69) is 60.4 Å². The topological polar surface area (TPSA) is 39.7 Å². The van der Waals surface area contributed by atoms with Gasteiger partial charge < -0.3 is 19.5 Å². The van der Waals surface area contributed by atoms with Crippen molar-refractivity contribution in [1.29, 1.82) is 0 Å². The summed E-state index contributed by atoms with van der Waals surface area (Å²) in [5.41, 5.74) is 4.34. The van der Waals surface area contributed by atoms with E-state index in [1.165, 1.54) is 10.8 Å². The van der Waals surface area contributed by atoms with Crippen LogP contribution in [0, 0.1) is 0 Å². The second kappa shape index (κ2) is 11.3. The first-order valence-electron chi connectivity index (χ1n) is 11.6. The first-order chi connectivity index (χ1) is 16.7.